The molecule has 3 heteroatoms. The zero-order chi connectivity index (χ0) is 11.0. The largest absolute Gasteiger partial charge is 0.496 e. The fourth-order valence-corrected chi connectivity index (χ4v) is 2.93. The number of halogens is 1. The van der Waals surface area contributed by atoms with Crippen LogP contribution in [-0.2, 0) is 0 Å². The third-order valence-electron chi connectivity index (χ3n) is 2.21. The number of rotatable bonds is 2. The predicted octanol–water partition coefficient (Wildman–Crippen LogP) is 4.71. The highest BCUT2D eigenvalue weighted by molar-refractivity contribution is 9.10. The van der Waals surface area contributed by atoms with Gasteiger partial charge in [-0.05, 0) is 52.0 Å². The van der Waals surface area contributed by atoms with Crippen molar-refractivity contribution >= 4 is 42.9 Å². The van der Waals surface area contributed by atoms with Crippen LogP contribution in [0.15, 0.2) is 29.3 Å². The summed E-state index contributed by atoms with van der Waals surface area (Å²) in [6.45, 7) is 5.98. The van der Waals surface area contributed by atoms with E-state index in [0.717, 1.165) is 15.8 Å². The summed E-state index contributed by atoms with van der Waals surface area (Å²) in [4.78, 5) is 1.23. The van der Waals surface area contributed by atoms with Crippen LogP contribution in [0.4, 0.5) is 0 Å². The van der Waals surface area contributed by atoms with Gasteiger partial charge in [0, 0.05) is 9.58 Å². The van der Waals surface area contributed by atoms with Gasteiger partial charge in [-0.25, -0.2) is 0 Å². The molecular formula is C12H11BrOS. The van der Waals surface area contributed by atoms with E-state index in [1.54, 1.807) is 18.4 Å². The first-order valence-corrected chi connectivity index (χ1v) is 6.15. The van der Waals surface area contributed by atoms with Crippen molar-refractivity contribution in [1.82, 2.24) is 0 Å². The summed E-state index contributed by atoms with van der Waals surface area (Å²) in [5.41, 5.74) is 1.10. The lowest BCUT2D eigenvalue weighted by molar-refractivity contribution is 0.413. The zero-order valence-corrected chi connectivity index (χ0v) is 11.0. The Kier molecular flexibility index (Phi) is 2.85. The molecule has 1 heterocycles. The van der Waals surface area contributed by atoms with E-state index in [9.17, 15) is 0 Å². The Morgan fingerprint density at radius 2 is 2.13 bits per heavy atom. The number of thiophene rings is 1. The van der Waals surface area contributed by atoms with Gasteiger partial charge < -0.3 is 4.74 Å². The van der Waals surface area contributed by atoms with Gasteiger partial charge in [0.25, 0.3) is 0 Å². The van der Waals surface area contributed by atoms with Crippen LogP contribution in [0, 0.1) is 0 Å². The molecule has 2 rings (SSSR count). The Hall–Kier alpha value is -0.800. The van der Waals surface area contributed by atoms with Gasteiger partial charge >= 0.3 is 0 Å². The van der Waals surface area contributed by atoms with Gasteiger partial charge in [0.05, 0.1) is 11.6 Å². The molecule has 1 aromatic carbocycles. The van der Waals surface area contributed by atoms with Crippen LogP contribution in [0.1, 0.15) is 11.8 Å². The molecule has 0 atom stereocenters. The van der Waals surface area contributed by atoms with Crippen LogP contribution in [0.25, 0.3) is 15.7 Å². The molecule has 0 unspecified atom stereocenters. The number of fused-ring (bicyclic) bond motifs is 1. The Balaban J connectivity index is 2.66. The second-order valence-corrected chi connectivity index (χ2v) is 5.35. The summed E-state index contributed by atoms with van der Waals surface area (Å²) in [5.74, 6) is 0.873. The number of allylic oxidation sites excluding steroid dienone is 1. The van der Waals surface area contributed by atoms with E-state index in [0.29, 0.717) is 0 Å². The Labute approximate surface area is 102 Å². The summed E-state index contributed by atoms with van der Waals surface area (Å²) in [6.07, 6.45) is 0. The molecule has 0 spiro atoms. The highest BCUT2D eigenvalue weighted by Gasteiger charge is 2.07. The van der Waals surface area contributed by atoms with Gasteiger partial charge in [-0.1, -0.05) is 6.58 Å². The van der Waals surface area contributed by atoms with Gasteiger partial charge in [-0.2, -0.15) is 0 Å². The second kappa shape index (κ2) is 3.99. The lowest BCUT2D eigenvalue weighted by Gasteiger charge is -2.01. The highest BCUT2D eigenvalue weighted by atomic mass is 79.9. The Morgan fingerprint density at radius 3 is 2.73 bits per heavy atom. The van der Waals surface area contributed by atoms with Crippen LogP contribution in [0.3, 0.4) is 0 Å². The van der Waals surface area contributed by atoms with Gasteiger partial charge in [-0.3, -0.25) is 0 Å². The maximum atomic E-state index is 5.26. The monoisotopic (exact) mass is 282 g/mol. The third kappa shape index (κ3) is 1.94. The Bertz CT molecular complexity index is 528. The second-order valence-electron chi connectivity index (χ2n) is 3.42. The topological polar surface area (TPSA) is 9.23 Å². The van der Waals surface area contributed by atoms with Crippen LogP contribution < -0.4 is 4.74 Å². The molecule has 1 nitrogen and oxygen atoms in total. The number of ether oxygens (including phenoxy) is 1. The predicted molar refractivity (Wildman–Crippen MR) is 70.8 cm³/mol. The van der Waals surface area contributed by atoms with Crippen molar-refractivity contribution in [2.45, 2.75) is 6.92 Å². The molecule has 0 aliphatic heterocycles. The molecule has 0 saturated heterocycles. The smallest absolute Gasteiger partial charge is 0.134 e. The van der Waals surface area contributed by atoms with Crippen molar-refractivity contribution in [3.63, 3.8) is 0 Å². The van der Waals surface area contributed by atoms with E-state index in [1.165, 1.54) is 15.0 Å². The number of hydrogen-bond acceptors (Lipinski definition) is 2. The van der Waals surface area contributed by atoms with E-state index >= 15 is 0 Å². The standard InChI is InChI=1S/C12H11BrOS/c1-7(2)11-5-8-4-9(13)10(14-3)6-12(8)15-11/h4-6H,1H2,2-3H3. The molecular weight excluding hydrogens is 272 g/mol. The Morgan fingerprint density at radius 1 is 1.40 bits per heavy atom. The number of benzene rings is 1. The van der Waals surface area contributed by atoms with Crippen molar-refractivity contribution < 1.29 is 4.74 Å². The molecule has 0 amide bonds. The van der Waals surface area contributed by atoms with E-state index < -0.39 is 0 Å². The van der Waals surface area contributed by atoms with Gasteiger partial charge in [0.2, 0.25) is 0 Å². The molecule has 0 bridgehead atoms. The van der Waals surface area contributed by atoms with E-state index in [1.807, 2.05) is 6.92 Å². The average molecular weight is 283 g/mol. The van der Waals surface area contributed by atoms with Crippen molar-refractivity contribution in [3.05, 3.63) is 34.1 Å². The normalized spacial score (nSPS) is 10.6. The molecule has 0 aliphatic carbocycles. The summed E-state index contributed by atoms with van der Waals surface area (Å²) >= 11 is 5.22. The first kappa shape index (κ1) is 10.7. The zero-order valence-electron chi connectivity index (χ0n) is 8.63. The SMILES string of the molecule is C=C(C)c1cc2cc(Br)c(OC)cc2s1. The lowest BCUT2D eigenvalue weighted by Crippen LogP contribution is -1.82. The van der Waals surface area contributed by atoms with Crippen molar-refractivity contribution in [1.29, 1.82) is 0 Å². The maximum absolute atomic E-state index is 5.26. The number of hydrogen-bond donors (Lipinski definition) is 0. The molecule has 0 radical (unpaired) electrons. The summed E-state index contributed by atoms with van der Waals surface area (Å²) < 4.78 is 7.48. The quantitative estimate of drug-likeness (QED) is 0.775. The molecule has 15 heavy (non-hydrogen) atoms. The van der Waals surface area contributed by atoms with E-state index in [-0.39, 0.29) is 0 Å². The molecule has 78 valence electrons. The van der Waals surface area contributed by atoms with Gasteiger partial charge in [0.1, 0.15) is 5.75 Å². The molecule has 0 fully saturated rings. The van der Waals surface area contributed by atoms with E-state index in [2.05, 4.69) is 40.7 Å². The minimum absolute atomic E-state index is 0.873. The van der Waals surface area contributed by atoms with Crippen LogP contribution in [0.2, 0.25) is 0 Å². The third-order valence-corrected chi connectivity index (χ3v) is 4.09. The molecule has 1 aromatic heterocycles. The van der Waals surface area contributed by atoms with Crippen molar-refractivity contribution in [3.8, 4) is 5.75 Å². The molecule has 0 saturated carbocycles. The number of methoxy groups -OCH3 is 1. The highest BCUT2D eigenvalue weighted by Crippen LogP contribution is 2.36. The van der Waals surface area contributed by atoms with Crippen LogP contribution in [-0.4, -0.2) is 7.11 Å². The minimum Gasteiger partial charge on any atom is -0.496 e. The molecule has 0 N–H and O–H groups in total. The first-order chi connectivity index (χ1) is 7.11. The molecule has 2 aromatic rings. The summed E-state index contributed by atoms with van der Waals surface area (Å²) in [7, 11) is 1.68. The fourth-order valence-electron chi connectivity index (χ4n) is 1.41. The van der Waals surface area contributed by atoms with E-state index in [4.69, 9.17) is 4.74 Å². The molecule has 0 aliphatic rings. The van der Waals surface area contributed by atoms with Crippen molar-refractivity contribution in [2.24, 2.45) is 0 Å². The van der Waals surface area contributed by atoms with Gasteiger partial charge in [-0.15, -0.1) is 11.3 Å². The fraction of sp³-hybridized carbons (Fsp3) is 0.167. The lowest BCUT2D eigenvalue weighted by atomic mass is 10.2. The van der Waals surface area contributed by atoms with Gasteiger partial charge in [0.15, 0.2) is 0 Å². The first-order valence-electron chi connectivity index (χ1n) is 4.55. The van der Waals surface area contributed by atoms with Crippen molar-refractivity contribution in [2.75, 3.05) is 7.11 Å². The average Bonchev–Trinajstić information content (AvgIpc) is 2.59. The minimum atomic E-state index is 0.873. The van der Waals surface area contributed by atoms with Crippen LogP contribution in [0.5, 0.6) is 5.75 Å². The van der Waals surface area contributed by atoms with Crippen LogP contribution >= 0.6 is 27.3 Å². The summed E-state index contributed by atoms with van der Waals surface area (Å²) in [5, 5.41) is 1.23. The maximum Gasteiger partial charge on any atom is 0.134 e. The summed E-state index contributed by atoms with van der Waals surface area (Å²) in [6, 6.07) is 6.29.